The van der Waals surface area contributed by atoms with Crippen LogP contribution in [0.15, 0.2) is 58.2 Å². The molecule has 0 fully saturated rings. The maximum absolute atomic E-state index is 13.7. The zero-order valence-electron chi connectivity index (χ0n) is 31.9. The molecule has 0 aliphatic rings. The van der Waals surface area contributed by atoms with Crippen molar-refractivity contribution in [2.45, 2.75) is 31.1 Å². The summed E-state index contributed by atoms with van der Waals surface area (Å²) in [5.74, 6) is 1.59. The van der Waals surface area contributed by atoms with Gasteiger partial charge in [-0.2, -0.15) is 0 Å². The number of nitrogens with zero attached hydrogens (tertiary/aromatic N) is 3. The van der Waals surface area contributed by atoms with Gasteiger partial charge < -0.3 is 28.6 Å². The largest absolute Gasteiger partial charge is 0.493 e. The number of imidazole rings is 1. The van der Waals surface area contributed by atoms with Crippen LogP contribution in [0.2, 0.25) is 0 Å². The van der Waals surface area contributed by atoms with Crippen molar-refractivity contribution in [3.05, 3.63) is 59.0 Å². The Morgan fingerprint density at radius 3 is 2.11 bits per heavy atom. The molecule has 0 bridgehead atoms. The summed E-state index contributed by atoms with van der Waals surface area (Å²) in [6.07, 6.45) is 1.30. The number of aryl methyl sites for hydroxylation is 2. The molecule has 0 amide bonds. The van der Waals surface area contributed by atoms with Gasteiger partial charge in [-0.1, -0.05) is 6.92 Å². The number of anilines is 1. The number of methoxy groups -OCH3 is 2. The predicted octanol–water partition coefficient (Wildman–Crippen LogP) is 5.00. The third-order valence-corrected chi connectivity index (χ3v) is 8.25. The summed E-state index contributed by atoms with van der Waals surface area (Å²) in [5, 5.41) is 0. The van der Waals surface area contributed by atoms with E-state index in [0.717, 1.165) is 0 Å². The van der Waals surface area contributed by atoms with E-state index >= 15 is 0 Å². The van der Waals surface area contributed by atoms with Gasteiger partial charge >= 0.3 is 5.69 Å². The Morgan fingerprint density at radius 2 is 1.47 bits per heavy atom. The molecule has 1 aromatic heterocycles. The van der Waals surface area contributed by atoms with Crippen molar-refractivity contribution in [1.82, 2.24) is 14.0 Å². The van der Waals surface area contributed by atoms with Crippen LogP contribution in [0.3, 0.4) is 0 Å². The SMILES string of the molecule is [2H]C([2H])([2H])N(CCCCOc1cc(OCCC)cc(Oc2cc3c(cc2NS(=O)(=O)c2ccc(OC)c(OC)c2)n(C)c(=O)n3C)c1)C([2H])([2H])[2H]. The molecule has 0 saturated carbocycles. The molecule has 244 valence electrons. The van der Waals surface area contributed by atoms with E-state index in [2.05, 4.69) is 4.72 Å². The maximum Gasteiger partial charge on any atom is 0.328 e. The van der Waals surface area contributed by atoms with Crippen LogP contribution in [0, 0.1) is 0 Å². The van der Waals surface area contributed by atoms with E-state index < -0.39 is 24.0 Å². The Kier molecular flexibility index (Phi) is 8.42. The van der Waals surface area contributed by atoms with Crippen LogP contribution in [0.25, 0.3) is 11.0 Å². The molecule has 4 aromatic rings. The molecule has 12 nitrogen and oxygen atoms in total. The summed E-state index contributed by atoms with van der Waals surface area (Å²) in [7, 11) is 1.76. The van der Waals surface area contributed by atoms with Gasteiger partial charge in [-0.3, -0.25) is 13.9 Å². The van der Waals surface area contributed by atoms with Crippen molar-refractivity contribution in [2.24, 2.45) is 14.1 Å². The van der Waals surface area contributed by atoms with Crippen molar-refractivity contribution >= 4 is 26.7 Å². The molecular formula is C32H42N4O8S. The van der Waals surface area contributed by atoms with Crippen LogP contribution in [0.1, 0.15) is 34.4 Å². The summed E-state index contributed by atoms with van der Waals surface area (Å²) in [4.78, 5) is 13.2. The van der Waals surface area contributed by atoms with Crippen LogP contribution < -0.4 is 34.1 Å². The molecule has 0 atom stereocenters. The van der Waals surface area contributed by atoms with E-state index in [-0.39, 0.29) is 53.1 Å². The van der Waals surface area contributed by atoms with E-state index in [9.17, 15) is 13.2 Å². The van der Waals surface area contributed by atoms with E-state index in [1.165, 1.54) is 47.6 Å². The molecule has 3 aromatic carbocycles. The van der Waals surface area contributed by atoms with Gasteiger partial charge in [0.15, 0.2) is 17.2 Å². The number of ether oxygens (including phenoxy) is 5. The third-order valence-electron chi connectivity index (χ3n) is 6.88. The second-order valence-electron chi connectivity index (χ2n) is 10.2. The summed E-state index contributed by atoms with van der Waals surface area (Å²) < 4.78 is 107. The van der Waals surface area contributed by atoms with Crippen molar-refractivity contribution in [1.29, 1.82) is 0 Å². The monoisotopic (exact) mass is 648 g/mol. The van der Waals surface area contributed by atoms with Gasteiger partial charge in [0.25, 0.3) is 10.0 Å². The van der Waals surface area contributed by atoms with Gasteiger partial charge in [-0.25, -0.2) is 13.2 Å². The topological polar surface area (TPSA) is 122 Å². The van der Waals surface area contributed by atoms with E-state index in [4.69, 9.17) is 31.9 Å². The summed E-state index contributed by atoms with van der Waals surface area (Å²) >= 11 is 0. The van der Waals surface area contributed by atoms with Crippen LogP contribution in [-0.4, -0.2) is 70.4 Å². The number of benzene rings is 3. The molecule has 0 spiro atoms. The maximum atomic E-state index is 13.7. The van der Waals surface area contributed by atoms with E-state index in [0.29, 0.717) is 52.6 Å². The first-order valence-electron chi connectivity index (χ1n) is 17.2. The minimum atomic E-state index is -4.22. The van der Waals surface area contributed by atoms with E-state index in [1.807, 2.05) is 6.92 Å². The molecule has 45 heavy (non-hydrogen) atoms. The minimum absolute atomic E-state index is 0.0360. The second-order valence-corrected chi connectivity index (χ2v) is 11.8. The van der Waals surface area contributed by atoms with Gasteiger partial charge in [0, 0.05) is 52.7 Å². The summed E-state index contributed by atoms with van der Waals surface area (Å²) in [5.41, 5.74) is 0.625. The van der Waals surface area contributed by atoms with Gasteiger partial charge in [0.2, 0.25) is 0 Å². The van der Waals surface area contributed by atoms with Crippen molar-refractivity contribution in [3.63, 3.8) is 0 Å². The Labute approximate surface area is 272 Å². The van der Waals surface area contributed by atoms with Crippen LogP contribution >= 0.6 is 0 Å². The number of hydrogen-bond acceptors (Lipinski definition) is 9. The molecule has 0 saturated heterocycles. The Hall–Kier alpha value is -4.36. The molecule has 0 unspecified atom stereocenters. The number of fused-ring (bicyclic) bond motifs is 1. The van der Waals surface area contributed by atoms with Gasteiger partial charge in [0.05, 0.1) is 49.0 Å². The highest BCUT2D eigenvalue weighted by Gasteiger charge is 2.22. The smallest absolute Gasteiger partial charge is 0.328 e. The third kappa shape index (κ3) is 8.03. The van der Waals surface area contributed by atoms with E-state index in [1.54, 1.807) is 38.4 Å². The number of nitrogens with one attached hydrogen (secondary N) is 1. The zero-order valence-corrected chi connectivity index (χ0v) is 26.7. The molecule has 0 aliphatic carbocycles. The normalized spacial score (nSPS) is 14.1. The molecule has 0 aliphatic heterocycles. The Balaban J connectivity index is 1.66. The molecule has 1 N–H and O–H groups in total. The molecule has 0 radical (unpaired) electrons. The first kappa shape index (κ1) is 25.9. The standard InChI is InChI=1S/C32H42N4O8S/c1-8-14-42-22-16-23(43-15-10-9-13-34(2)3)18-24(17-22)44-30-21-28-27(35(4)32(37)36(28)5)20-26(30)33-45(38,39)25-11-12-29(40-6)31(19-25)41-7/h11-12,16-21,33H,8-10,13-15H2,1-7H3/i2D3,3D3. The average Bonchev–Trinajstić information content (AvgIpc) is 3.26. The highest BCUT2D eigenvalue weighted by molar-refractivity contribution is 7.92. The second kappa shape index (κ2) is 14.6. The lowest BCUT2D eigenvalue weighted by Crippen LogP contribution is -2.19. The predicted molar refractivity (Wildman–Crippen MR) is 174 cm³/mol. The summed E-state index contributed by atoms with van der Waals surface area (Å²) in [6.45, 7) is -3.27. The Bertz CT molecular complexity index is 2000. The highest BCUT2D eigenvalue weighted by Crippen LogP contribution is 2.38. The molecule has 13 heteroatoms. The number of unbranched alkanes of at least 4 members (excludes halogenated alkanes) is 1. The van der Waals surface area contributed by atoms with Crippen molar-refractivity contribution in [3.8, 4) is 34.5 Å². The lowest BCUT2D eigenvalue weighted by molar-refractivity contribution is 0.285. The molecular weight excluding hydrogens is 600 g/mol. The molecule has 1 heterocycles. The average molecular weight is 649 g/mol. The zero-order chi connectivity index (χ0) is 37.7. The first-order chi connectivity index (χ1) is 23.9. The number of hydrogen-bond donors (Lipinski definition) is 1. The first-order valence-corrected chi connectivity index (χ1v) is 15.7. The van der Waals surface area contributed by atoms with Crippen LogP contribution in [0.4, 0.5) is 5.69 Å². The summed E-state index contributed by atoms with van der Waals surface area (Å²) in [6, 6.07) is 12.0. The number of aromatic nitrogens is 2. The van der Waals surface area contributed by atoms with Gasteiger partial charge in [-0.15, -0.1) is 0 Å². The van der Waals surface area contributed by atoms with Crippen molar-refractivity contribution in [2.75, 3.05) is 52.7 Å². The molecule has 4 rings (SSSR count). The fourth-order valence-electron chi connectivity index (χ4n) is 4.56. The quantitative estimate of drug-likeness (QED) is 0.167. The number of sulfonamides is 1. The number of rotatable bonds is 16. The van der Waals surface area contributed by atoms with Gasteiger partial charge in [-0.05, 0) is 58.0 Å². The lowest BCUT2D eigenvalue weighted by Gasteiger charge is -2.17. The fourth-order valence-corrected chi connectivity index (χ4v) is 5.63. The highest BCUT2D eigenvalue weighted by atomic mass is 32.2. The van der Waals surface area contributed by atoms with Gasteiger partial charge in [0.1, 0.15) is 17.2 Å². The fraction of sp³-hybridized carbons (Fsp3) is 0.406. The van der Waals surface area contributed by atoms with Crippen LogP contribution in [-0.2, 0) is 24.1 Å². The van der Waals surface area contributed by atoms with Crippen LogP contribution in [0.5, 0.6) is 34.5 Å². The van der Waals surface area contributed by atoms with Crippen molar-refractivity contribution < 1.29 is 40.3 Å². The Morgan fingerprint density at radius 1 is 0.822 bits per heavy atom. The minimum Gasteiger partial charge on any atom is -0.493 e. The lowest BCUT2D eigenvalue weighted by atomic mass is 10.2.